The molecule has 28 heavy (non-hydrogen) atoms. The molecule has 0 aromatic heterocycles. The number of allylic oxidation sites excluding steroid dienone is 4. The van der Waals surface area contributed by atoms with Crippen LogP contribution in [0, 0.1) is 34.5 Å². The Balaban J connectivity index is 1.62. The van der Waals surface area contributed by atoms with Crippen LogP contribution in [-0.4, -0.2) is 33.9 Å². The van der Waals surface area contributed by atoms with E-state index in [1.165, 1.54) is 0 Å². The van der Waals surface area contributed by atoms with Crippen LogP contribution in [-0.2, 0) is 14.4 Å². The number of ketones is 2. The third-order valence-corrected chi connectivity index (χ3v) is 8.47. The lowest BCUT2D eigenvalue weighted by molar-refractivity contribution is -0.143. The quantitative estimate of drug-likeness (QED) is 0.773. The van der Waals surface area contributed by atoms with Gasteiger partial charge in [0, 0.05) is 23.7 Å². The summed E-state index contributed by atoms with van der Waals surface area (Å²) in [4.78, 5) is 35.5. The lowest BCUT2D eigenvalue weighted by Gasteiger charge is -2.58. The molecule has 1 unspecified atom stereocenters. The average Bonchev–Trinajstić information content (AvgIpc) is 2.96. The van der Waals surface area contributed by atoms with E-state index in [9.17, 15) is 19.5 Å². The zero-order valence-corrected chi connectivity index (χ0v) is 16.7. The van der Waals surface area contributed by atoms with Gasteiger partial charge in [0.25, 0.3) is 0 Å². The first-order valence-electron chi connectivity index (χ1n) is 10.5. The summed E-state index contributed by atoms with van der Waals surface area (Å²) in [6.07, 6.45) is 8.98. The summed E-state index contributed by atoms with van der Waals surface area (Å²) in [7, 11) is 0. The first-order valence-corrected chi connectivity index (χ1v) is 10.5. The highest BCUT2D eigenvalue weighted by Gasteiger charge is 2.62. The normalized spacial score (nSPS) is 44.3. The topological polar surface area (TPSA) is 91.7 Å². The fourth-order valence-corrected chi connectivity index (χ4v) is 7.26. The Labute approximate surface area is 165 Å². The molecule has 2 N–H and O–H groups in total. The van der Waals surface area contributed by atoms with Crippen molar-refractivity contribution in [2.45, 2.75) is 64.9 Å². The van der Waals surface area contributed by atoms with E-state index in [4.69, 9.17) is 5.11 Å². The van der Waals surface area contributed by atoms with Crippen LogP contribution < -0.4 is 0 Å². The van der Waals surface area contributed by atoms with E-state index in [-0.39, 0.29) is 47.1 Å². The molecule has 4 rings (SSSR count). The molecule has 5 heteroatoms. The Bertz CT molecular complexity index is 780. The van der Waals surface area contributed by atoms with Gasteiger partial charge in [0.2, 0.25) is 0 Å². The van der Waals surface area contributed by atoms with Crippen molar-refractivity contribution in [3.8, 4) is 0 Å². The molecule has 0 aromatic carbocycles. The summed E-state index contributed by atoms with van der Waals surface area (Å²) >= 11 is 0. The molecule has 0 heterocycles. The molecule has 0 radical (unpaired) electrons. The Kier molecular flexibility index (Phi) is 4.65. The number of carboxylic acids is 1. The lowest BCUT2D eigenvalue weighted by Crippen LogP contribution is -2.56. The average molecular weight is 386 g/mol. The van der Waals surface area contributed by atoms with Gasteiger partial charge in [-0.3, -0.25) is 14.4 Å². The molecule has 0 saturated heterocycles. The molecule has 7 atom stereocenters. The minimum Gasteiger partial charge on any atom is -0.481 e. The molecule has 3 saturated carbocycles. The summed E-state index contributed by atoms with van der Waals surface area (Å²) in [5, 5.41) is 20.2. The summed E-state index contributed by atoms with van der Waals surface area (Å²) in [5.41, 5.74) is 0.585. The van der Waals surface area contributed by atoms with E-state index in [1.54, 1.807) is 12.2 Å². The van der Waals surface area contributed by atoms with E-state index in [2.05, 4.69) is 13.8 Å². The molecular weight excluding hydrogens is 356 g/mol. The van der Waals surface area contributed by atoms with Crippen molar-refractivity contribution in [2.75, 3.05) is 0 Å². The van der Waals surface area contributed by atoms with Gasteiger partial charge in [-0.1, -0.05) is 25.5 Å². The summed E-state index contributed by atoms with van der Waals surface area (Å²) < 4.78 is 0. The van der Waals surface area contributed by atoms with Crippen molar-refractivity contribution in [1.82, 2.24) is 0 Å². The minimum absolute atomic E-state index is 0.0334. The molecule has 0 amide bonds. The van der Waals surface area contributed by atoms with Crippen molar-refractivity contribution in [3.05, 3.63) is 23.8 Å². The molecular formula is C23H30O5. The van der Waals surface area contributed by atoms with Gasteiger partial charge in [0.15, 0.2) is 5.78 Å². The molecule has 0 spiro atoms. The number of Topliss-reactive ketones (excluding diaryl/α,β-unsaturated/α-hetero) is 1. The third kappa shape index (κ3) is 2.81. The molecule has 3 fully saturated rings. The minimum atomic E-state index is -0.935. The molecule has 5 nitrogen and oxygen atoms in total. The van der Waals surface area contributed by atoms with Crippen molar-refractivity contribution in [3.63, 3.8) is 0 Å². The van der Waals surface area contributed by atoms with Crippen molar-refractivity contribution < 1.29 is 24.6 Å². The van der Waals surface area contributed by atoms with Crippen molar-refractivity contribution in [1.29, 1.82) is 0 Å². The molecule has 0 bridgehead atoms. The molecule has 4 aliphatic carbocycles. The van der Waals surface area contributed by atoms with Gasteiger partial charge in [-0.05, 0) is 61.5 Å². The van der Waals surface area contributed by atoms with Gasteiger partial charge >= 0.3 is 5.97 Å². The number of aliphatic hydroxyl groups excluding tert-OH is 1. The van der Waals surface area contributed by atoms with Gasteiger partial charge in [0.1, 0.15) is 5.78 Å². The lowest BCUT2D eigenvalue weighted by atomic mass is 9.46. The second-order valence-electron chi connectivity index (χ2n) is 9.79. The van der Waals surface area contributed by atoms with Crippen LogP contribution in [0.5, 0.6) is 0 Å². The van der Waals surface area contributed by atoms with Gasteiger partial charge in [0.05, 0.1) is 12.5 Å². The maximum atomic E-state index is 12.8. The number of aliphatic hydroxyl groups is 1. The Hall–Kier alpha value is -1.75. The summed E-state index contributed by atoms with van der Waals surface area (Å²) in [6.45, 7) is 4.29. The van der Waals surface area contributed by atoms with E-state index >= 15 is 0 Å². The Morgan fingerprint density at radius 3 is 2.64 bits per heavy atom. The van der Waals surface area contributed by atoms with Crippen LogP contribution in [0.3, 0.4) is 0 Å². The number of rotatable bonds is 4. The maximum absolute atomic E-state index is 12.8. The largest absolute Gasteiger partial charge is 0.481 e. The molecule has 0 aliphatic heterocycles. The second kappa shape index (κ2) is 6.65. The van der Waals surface area contributed by atoms with Crippen LogP contribution >= 0.6 is 0 Å². The molecule has 4 aliphatic rings. The fourth-order valence-electron chi connectivity index (χ4n) is 7.26. The number of aliphatic carboxylic acids is 1. The third-order valence-electron chi connectivity index (χ3n) is 8.47. The van der Waals surface area contributed by atoms with Crippen LogP contribution in [0.4, 0.5) is 0 Å². The summed E-state index contributed by atoms with van der Waals surface area (Å²) in [5.74, 6) is -0.247. The number of hydrogen-bond donors (Lipinski definition) is 2. The Morgan fingerprint density at radius 1 is 1.18 bits per heavy atom. The second-order valence-corrected chi connectivity index (χ2v) is 9.79. The number of carboxylic acid groups (broad SMARTS) is 1. The van der Waals surface area contributed by atoms with Crippen molar-refractivity contribution in [2.24, 2.45) is 34.5 Å². The number of hydrogen-bond acceptors (Lipinski definition) is 4. The number of carbonyl (C=O) groups excluding carboxylic acids is 2. The Morgan fingerprint density at radius 2 is 1.93 bits per heavy atom. The highest BCUT2D eigenvalue weighted by molar-refractivity contribution is 6.01. The standard InChI is InChI=1S/C23H30O5/c1-22-10-9-14(24)11-13(22)3-4-15-16-5-6-17(18(25)7-8-20(27)28)23(16,2)12-19(26)21(15)22/h9-11,15-17,19,21,26H,3-8,12H2,1-2H3,(H,27,28)/t15-,16-,17+,19?,21+,22-,23-/m0/s1. The molecule has 0 aromatic rings. The SMILES string of the molecule is C[C@]12CC(O)[C@H]3[C@@H](CCC4=CC(=O)C=C[C@@]43C)[C@@H]1CC[C@@H]2C(=O)CCC(=O)O. The predicted octanol–water partition coefficient (Wildman–Crippen LogP) is 3.32. The number of carbonyl (C=O) groups is 3. The van der Waals surface area contributed by atoms with Gasteiger partial charge in [-0.15, -0.1) is 0 Å². The van der Waals surface area contributed by atoms with E-state index in [0.717, 1.165) is 31.3 Å². The van der Waals surface area contributed by atoms with Gasteiger partial charge in [-0.25, -0.2) is 0 Å². The predicted molar refractivity (Wildman–Crippen MR) is 103 cm³/mol. The number of fused-ring (bicyclic) bond motifs is 5. The highest BCUT2D eigenvalue weighted by Crippen LogP contribution is 2.66. The van der Waals surface area contributed by atoms with Gasteiger partial charge < -0.3 is 10.2 Å². The maximum Gasteiger partial charge on any atom is 0.303 e. The highest BCUT2D eigenvalue weighted by atomic mass is 16.4. The zero-order valence-electron chi connectivity index (χ0n) is 16.7. The van der Waals surface area contributed by atoms with Crippen LogP contribution in [0.2, 0.25) is 0 Å². The summed E-state index contributed by atoms with van der Waals surface area (Å²) in [6, 6.07) is 0. The van der Waals surface area contributed by atoms with E-state index < -0.39 is 12.1 Å². The van der Waals surface area contributed by atoms with Crippen LogP contribution in [0.1, 0.15) is 58.8 Å². The smallest absolute Gasteiger partial charge is 0.303 e. The van der Waals surface area contributed by atoms with Crippen molar-refractivity contribution >= 4 is 17.5 Å². The van der Waals surface area contributed by atoms with Gasteiger partial charge in [-0.2, -0.15) is 0 Å². The first kappa shape index (κ1) is 19.6. The monoisotopic (exact) mass is 386 g/mol. The van der Waals surface area contributed by atoms with E-state index in [1.807, 2.05) is 6.08 Å². The van der Waals surface area contributed by atoms with Crippen LogP contribution in [0.25, 0.3) is 0 Å². The fraction of sp³-hybridized carbons (Fsp3) is 0.696. The first-order chi connectivity index (χ1) is 13.2. The molecule has 152 valence electrons. The zero-order chi connectivity index (χ0) is 20.3. The van der Waals surface area contributed by atoms with E-state index in [0.29, 0.717) is 18.3 Å². The van der Waals surface area contributed by atoms with Crippen LogP contribution in [0.15, 0.2) is 23.8 Å².